The first-order valence-corrected chi connectivity index (χ1v) is 7.90. The molecule has 1 saturated heterocycles. The summed E-state index contributed by atoms with van der Waals surface area (Å²) < 4.78 is 5.58. The highest BCUT2D eigenvalue weighted by Crippen LogP contribution is 2.27. The number of nitrogens with zero attached hydrogens (tertiary/aromatic N) is 1. The van der Waals surface area contributed by atoms with Crippen molar-refractivity contribution in [2.45, 2.75) is 46.1 Å². The smallest absolute Gasteiger partial charge is 0.247 e. The topological polar surface area (TPSA) is 58.6 Å². The van der Waals surface area contributed by atoms with E-state index < -0.39 is 6.04 Å². The van der Waals surface area contributed by atoms with E-state index in [-0.39, 0.29) is 11.8 Å². The fourth-order valence-electron chi connectivity index (χ4n) is 2.77. The minimum Gasteiger partial charge on any atom is -0.492 e. The third-order valence-electron chi connectivity index (χ3n) is 3.87. The van der Waals surface area contributed by atoms with Crippen molar-refractivity contribution in [3.05, 3.63) is 23.8 Å². The second-order valence-corrected chi connectivity index (χ2v) is 5.54. The van der Waals surface area contributed by atoms with Gasteiger partial charge in [0.2, 0.25) is 11.8 Å². The average Bonchev–Trinajstić information content (AvgIpc) is 2.89. The third kappa shape index (κ3) is 3.59. The zero-order valence-corrected chi connectivity index (χ0v) is 13.5. The number of hydrogen-bond donors (Lipinski definition) is 1. The lowest BCUT2D eigenvalue weighted by Crippen LogP contribution is -2.44. The van der Waals surface area contributed by atoms with E-state index in [0.29, 0.717) is 37.4 Å². The summed E-state index contributed by atoms with van der Waals surface area (Å²) in [6.45, 7) is 7.01. The molecule has 0 aromatic heterocycles. The Hall–Kier alpha value is -2.04. The van der Waals surface area contributed by atoms with E-state index in [1.54, 1.807) is 4.90 Å². The molecule has 5 nitrogen and oxygen atoms in total. The predicted molar refractivity (Wildman–Crippen MR) is 86.0 cm³/mol. The molecule has 1 atom stereocenters. The SMILES string of the molecule is CCOc1cc(C)ccc1NC(=O)[C@@H](CC)N1CCCC1=O. The normalized spacial score (nSPS) is 15.8. The molecule has 22 heavy (non-hydrogen) atoms. The van der Waals surface area contributed by atoms with Gasteiger partial charge in [-0.25, -0.2) is 0 Å². The molecule has 0 bridgehead atoms. The first-order valence-electron chi connectivity index (χ1n) is 7.90. The van der Waals surface area contributed by atoms with Crippen molar-refractivity contribution >= 4 is 17.5 Å². The van der Waals surface area contributed by atoms with Gasteiger partial charge in [-0.1, -0.05) is 13.0 Å². The summed E-state index contributed by atoms with van der Waals surface area (Å²) in [5, 5.41) is 2.91. The molecule has 1 aliphatic rings. The van der Waals surface area contributed by atoms with Crippen LogP contribution in [0.4, 0.5) is 5.69 Å². The average molecular weight is 304 g/mol. The van der Waals surface area contributed by atoms with Crippen molar-refractivity contribution in [1.82, 2.24) is 4.90 Å². The summed E-state index contributed by atoms with van der Waals surface area (Å²) in [7, 11) is 0. The van der Waals surface area contributed by atoms with Gasteiger partial charge < -0.3 is 15.0 Å². The van der Waals surface area contributed by atoms with Crippen LogP contribution in [-0.4, -0.2) is 35.9 Å². The Morgan fingerprint density at radius 1 is 1.41 bits per heavy atom. The van der Waals surface area contributed by atoms with Crippen LogP contribution in [0.3, 0.4) is 0 Å². The van der Waals surface area contributed by atoms with Crippen LogP contribution in [0.2, 0.25) is 0 Å². The van der Waals surface area contributed by atoms with Crippen molar-refractivity contribution in [3.63, 3.8) is 0 Å². The van der Waals surface area contributed by atoms with Gasteiger partial charge in [-0.05, 0) is 44.4 Å². The summed E-state index contributed by atoms with van der Waals surface area (Å²) in [5.41, 5.74) is 1.73. The van der Waals surface area contributed by atoms with Crippen LogP contribution in [0, 0.1) is 6.92 Å². The molecule has 0 aliphatic carbocycles. The molecule has 0 spiro atoms. The van der Waals surface area contributed by atoms with Crippen LogP contribution in [0.25, 0.3) is 0 Å². The zero-order chi connectivity index (χ0) is 16.1. The molecule has 120 valence electrons. The van der Waals surface area contributed by atoms with Gasteiger partial charge in [-0.2, -0.15) is 0 Å². The third-order valence-corrected chi connectivity index (χ3v) is 3.87. The second kappa shape index (κ2) is 7.29. The molecule has 0 unspecified atom stereocenters. The number of benzene rings is 1. The summed E-state index contributed by atoms with van der Waals surface area (Å²) >= 11 is 0. The minimum absolute atomic E-state index is 0.0657. The number of rotatable bonds is 6. The quantitative estimate of drug-likeness (QED) is 0.879. The molecule has 5 heteroatoms. The number of hydrogen-bond acceptors (Lipinski definition) is 3. The Kier molecular flexibility index (Phi) is 5.41. The van der Waals surface area contributed by atoms with Gasteiger partial charge in [0.05, 0.1) is 12.3 Å². The van der Waals surface area contributed by atoms with Crippen molar-refractivity contribution in [2.75, 3.05) is 18.5 Å². The summed E-state index contributed by atoms with van der Waals surface area (Å²) in [5.74, 6) is 0.581. The minimum atomic E-state index is -0.411. The highest BCUT2D eigenvalue weighted by atomic mass is 16.5. The molecular weight excluding hydrogens is 280 g/mol. The highest BCUT2D eigenvalue weighted by molar-refractivity contribution is 5.98. The fourth-order valence-corrected chi connectivity index (χ4v) is 2.77. The van der Waals surface area contributed by atoms with E-state index in [9.17, 15) is 9.59 Å². The van der Waals surface area contributed by atoms with Gasteiger partial charge in [-0.3, -0.25) is 9.59 Å². The van der Waals surface area contributed by atoms with E-state index in [1.165, 1.54) is 0 Å². The lowest BCUT2D eigenvalue weighted by molar-refractivity contribution is -0.135. The van der Waals surface area contributed by atoms with E-state index >= 15 is 0 Å². The molecule has 1 N–H and O–H groups in total. The number of aryl methyl sites for hydroxylation is 1. The van der Waals surface area contributed by atoms with Gasteiger partial charge in [0.25, 0.3) is 0 Å². The van der Waals surface area contributed by atoms with Gasteiger partial charge in [0.1, 0.15) is 11.8 Å². The van der Waals surface area contributed by atoms with Crippen LogP contribution in [0.5, 0.6) is 5.75 Å². The van der Waals surface area contributed by atoms with Crippen LogP contribution in [-0.2, 0) is 9.59 Å². The summed E-state index contributed by atoms with van der Waals surface area (Å²) in [4.78, 5) is 26.1. The largest absolute Gasteiger partial charge is 0.492 e. The van der Waals surface area contributed by atoms with Crippen LogP contribution in [0.15, 0.2) is 18.2 Å². The van der Waals surface area contributed by atoms with Crippen molar-refractivity contribution < 1.29 is 14.3 Å². The Labute approximate surface area is 131 Å². The summed E-state index contributed by atoms with van der Waals surface area (Å²) in [6, 6.07) is 5.27. The monoisotopic (exact) mass is 304 g/mol. The molecule has 1 aliphatic heterocycles. The van der Waals surface area contributed by atoms with Crippen molar-refractivity contribution in [3.8, 4) is 5.75 Å². The Bertz CT molecular complexity index is 557. The number of carbonyl (C=O) groups excluding carboxylic acids is 2. The number of nitrogens with one attached hydrogen (secondary N) is 1. The molecule has 1 fully saturated rings. The Balaban J connectivity index is 2.14. The molecule has 0 radical (unpaired) electrons. The molecule has 2 amide bonds. The lowest BCUT2D eigenvalue weighted by Gasteiger charge is -2.26. The molecule has 2 rings (SSSR count). The first kappa shape index (κ1) is 16.3. The standard InChI is InChI=1S/C17H24N2O3/c1-4-14(19-10-6-7-16(19)20)17(21)18-13-9-8-12(3)11-15(13)22-5-2/h8-9,11,14H,4-7,10H2,1-3H3,(H,18,21)/t14-/m1/s1. The van der Waals surface area contributed by atoms with Crippen molar-refractivity contribution in [1.29, 1.82) is 0 Å². The number of anilines is 1. The fraction of sp³-hybridized carbons (Fsp3) is 0.529. The van der Waals surface area contributed by atoms with Crippen molar-refractivity contribution in [2.24, 2.45) is 0 Å². The molecule has 0 saturated carbocycles. The molecule has 1 aromatic carbocycles. The highest BCUT2D eigenvalue weighted by Gasteiger charge is 2.31. The summed E-state index contributed by atoms with van der Waals surface area (Å²) in [6.07, 6.45) is 1.98. The van der Waals surface area contributed by atoms with Crippen LogP contribution >= 0.6 is 0 Å². The molecule has 1 aromatic rings. The van der Waals surface area contributed by atoms with Crippen LogP contribution in [0.1, 0.15) is 38.7 Å². The maximum absolute atomic E-state index is 12.6. The lowest BCUT2D eigenvalue weighted by atomic mass is 10.1. The Morgan fingerprint density at radius 2 is 2.18 bits per heavy atom. The van der Waals surface area contributed by atoms with Gasteiger partial charge in [0, 0.05) is 13.0 Å². The van der Waals surface area contributed by atoms with E-state index in [4.69, 9.17) is 4.74 Å². The van der Waals surface area contributed by atoms with Crippen LogP contribution < -0.4 is 10.1 Å². The zero-order valence-electron chi connectivity index (χ0n) is 13.5. The number of carbonyl (C=O) groups is 2. The van der Waals surface area contributed by atoms with E-state index in [2.05, 4.69) is 5.32 Å². The number of ether oxygens (including phenoxy) is 1. The van der Waals surface area contributed by atoms with Gasteiger partial charge in [-0.15, -0.1) is 0 Å². The second-order valence-electron chi connectivity index (χ2n) is 5.54. The predicted octanol–water partition coefficient (Wildman–Crippen LogP) is 2.73. The maximum Gasteiger partial charge on any atom is 0.247 e. The maximum atomic E-state index is 12.6. The number of amides is 2. The van der Waals surface area contributed by atoms with Gasteiger partial charge in [0.15, 0.2) is 0 Å². The van der Waals surface area contributed by atoms with E-state index in [1.807, 2.05) is 39.0 Å². The number of likely N-dealkylation sites (tertiary alicyclic amines) is 1. The van der Waals surface area contributed by atoms with E-state index in [0.717, 1.165) is 12.0 Å². The Morgan fingerprint density at radius 3 is 2.77 bits per heavy atom. The molecular formula is C17H24N2O3. The van der Waals surface area contributed by atoms with Gasteiger partial charge >= 0.3 is 0 Å². The first-order chi connectivity index (χ1) is 10.6. The molecule has 1 heterocycles.